The van der Waals surface area contributed by atoms with Crippen molar-refractivity contribution in [2.75, 3.05) is 23.9 Å². The van der Waals surface area contributed by atoms with Crippen molar-refractivity contribution in [3.05, 3.63) is 34.5 Å². The van der Waals surface area contributed by atoms with Crippen LogP contribution in [0.4, 0.5) is 13.2 Å². The zero-order valence-electron chi connectivity index (χ0n) is 14.7. The molecule has 0 N–H and O–H groups in total. The fourth-order valence-corrected chi connectivity index (χ4v) is 5.10. The molecule has 0 aliphatic heterocycles. The summed E-state index contributed by atoms with van der Waals surface area (Å²) in [5, 5.41) is 0.417. The molecule has 2 rings (SSSR count). The fraction of sp³-hybridized carbons (Fsp3) is 0.412. The second-order valence-electron chi connectivity index (χ2n) is 5.71. The Labute approximate surface area is 169 Å². The zero-order chi connectivity index (χ0) is 20.9. The summed E-state index contributed by atoms with van der Waals surface area (Å²) in [6, 6.07) is 4.56. The molecule has 0 bridgehead atoms. The van der Waals surface area contributed by atoms with E-state index in [9.17, 15) is 26.4 Å². The number of benzene rings is 1. The van der Waals surface area contributed by atoms with Gasteiger partial charge in [0.25, 0.3) is 0 Å². The summed E-state index contributed by atoms with van der Waals surface area (Å²) in [6.07, 6.45) is -4.34. The molecule has 0 saturated carbocycles. The number of fused-ring (bicyclic) bond motifs is 1. The van der Waals surface area contributed by atoms with Crippen LogP contribution >= 0.6 is 24.0 Å². The van der Waals surface area contributed by atoms with Gasteiger partial charge >= 0.3 is 12.1 Å². The number of esters is 1. The molecule has 5 nitrogen and oxygen atoms in total. The predicted molar refractivity (Wildman–Crippen MR) is 103 cm³/mol. The van der Waals surface area contributed by atoms with Crippen LogP contribution in [0.1, 0.15) is 18.9 Å². The van der Waals surface area contributed by atoms with Crippen LogP contribution in [-0.4, -0.2) is 38.3 Å². The summed E-state index contributed by atoms with van der Waals surface area (Å²) in [6.45, 7) is 1.40. The van der Waals surface area contributed by atoms with E-state index < -0.39 is 27.5 Å². The molecule has 0 aliphatic carbocycles. The second-order valence-corrected chi connectivity index (χ2v) is 9.56. The number of carbonyl (C=O) groups is 1. The highest BCUT2D eigenvalue weighted by Gasteiger charge is 2.31. The van der Waals surface area contributed by atoms with Gasteiger partial charge in [-0.25, -0.2) is 8.42 Å². The molecule has 1 heterocycles. The van der Waals surface area contributed by atoms with E-state index in [-0.39, 0.29) is 40.6 Å². The Hall–Kier alpha value is -1.59. The van der Waals surface area contributed by atoms with Gasteiger partial charge in [-0.3, -0.25) is 4.79 Å². The first-order valence-corrected chi connectivity index (χ1v) is 11.4. The van der Waals surface area contributed by atoms with E-state index in [0.29, 0.717) is 10.3 Å². The maximum Gasteiger partial charge on any atom is 0.416 e. The Balaban J connectivity index is 2.08. The first kappa shape index (κ1) is 22.7. The van der Waals surface area contributed by atoms with Gasteiger partial charge in [0, 0.05) is 28.5 Å². The largest absolute Gasteiger partial charge is 0.465 e. The minimum atomic E-state index is -4.51. The summed E-state index contributed by atoms with van der Waals surface area (Å²) in [5.74, 6) is -0.771. The van der Waals surface area contributed by atoms with E-state index in [0.717, 1.165) is 23.9 Å². The van der Waals surface area contributed by atoms with Crippen molar-refractivity contribution in [2.24, 2.45) is 0 Å². The van der Waals surface area contributed by atoms with Crippen LogP contribution in [0, 0.1) is 4.71 Å². The molecule has 0 aliphatic rings. The van der Waals surface area contributed by atoms with Crippen LogP contribution in [0.5, 0.6) is 0 Å². The molecule has 1 aromatic carbocycles. The average molecular weight is 455 g/mol. The maximum atomic E-state index is 12.9. The maximum absolute atomic E-state index is 12.9. The minimum absolute atomic E-state index is 0.00339. The highest BCUT2D eigenvalue weighted by molar-refractivity contribution is 8.01. The van der Waals surface area contributed by atoms with Crippen LogP contribution < -0.4 is 0 Å². The van der Waals surface area contributed by atoms with E-state index in [1.165, 1.54) is 12.1 Å². The van der Waals surface area contributed by atoms with Crippen LogP contribution in [0.15, 0.2) is 33.6 Å². The molecule has 0 saturated heterocycles. The SMILES string of the molecule is CCC(=O)OCCS(=O)(=O)CCSc1cc(=S)oc2cc(C(F)(F)F)ccc12. The molecule has 0 spiro atoms. The van der Waals surface area contributed by atoms with E-state index in [1.54, 1.807) is 6.92 Å². The first-order chi connectivity index (χ1) is 13.0. The highest BCUT2D eigenvalue weighted by Crippen LogP contribution is 2.34. The molecular formula is C17H17F3O5S3. The quantitative estimate of drug-likeness (QED) is 0.327. The topological polar surface area (TPSA) is 73.6 Å². The summed E-state index contributed by atoms with van der Waals surface area (Å²) in [5.41, 5.74) is -0.872. The van der Waals surface area contributed by atoms with Crippen molar-refractivity contribution < 1.29 is 35.5 Å². The van der Waals surface area contributed by atoms with E-state index in [4.69, 9.17) is 21.4 Å². The Morgan fingerprint density at radius 3 is 2.61 bits per heavy atom. The van der Waals surface area contributed by atoms with Crippen molar-refractivity contribution in [1.82, 2.24) is 0 Å². The fourth-order valence-electron chi connectivity index (χ4n) is 2.19. The zero-order valence-corrected chi connectivity index (χ0v) is 17.2. The van der Waals surface area contributed by atoms with Crippen LogP contribution in [0.25, 0.3) is 11.0 Å². The molecule has 0 radical (unpaired) electrons. The van der Waals surface area contributed by atoms with Gasteiger partial charge in [-0.2, -0.15) is 13.2 Å². The first-order valence-electron chi connectivity index (χ1n) is 8.16. The van der Waals surface area contributed by atoms with Gasteiger partial charge in [-0.05, 0) is 30.4 Å². The van der Waals surface area contributed by atoms with Crippen LogP contribution in [-0.2, 0) is 25.5 Å². The van der Waals surface area contributed by atoms with Gasteiger partial charge < -0.3 is 9.15 Å². The molecule has 154 valence electrons. The number of alkyl halides is 3. The van der Waals surface area contributed by atoms with Crippen molar-refractivity contribution in [3.63, 3.8) is 0 Å². The van der Waals surface area contributed by atoms with Gasteiger partial charge in [0.15, 0.2) is 14.5 Å². The van der Waals surface area contributed by atoms with E-state index in [1.807, 2.05) is 0 Å². The van der Waals surface area contributed by atoms with Crippen molar-refractivity contribution in [3.8, 4) is 0 Å². The normalized spacial score (nSPS) is 12.3. The van der Waals surface area contributed by atoms with Crippen molar-refractivity contribution >= 4 is 50.8 Å². The second kappa shape index (κ2) is 9.27. The highest BCUT2D eigenvalue weighted by atomic mass is 32.2. The van der Waals surface area contributed by atoms with Gasteiger partial charge in [0.2, 0.25) is 0 Å². The predicted octanol–water partition coefficient (Wildman–Crippen LogP) is 4.64. The number of hydrogen-bond acceptors (Lipinski definition) is 7. The van der Waals surface area contributed by atoms with Crippen LogP contribution in [0.3, 0.4) is 0 Å². The number of carbonyl (C=O) groups excluding carboxylic acids is 1. The Kier molecular flexibility index (Phi) is 7.52. The van der Waals surface area contributed by atoms with E-state index in [2.05, 4.69) is 0 Å². The third-order valence-corrected chi connectivity index (χ3v) is 6.76. The summed E-state index contributed by atoms with van der Waals surface area (Å²) < 4.78 is 72.5. The molecule has 0 fully saturated rings. The van der Waals surface area contributed by atoms with Crippen molar-refractivity contribution in [2.45, 2.75) is 24.4 Å². The van der Waals surface area contributed by atoms with Crippen molar-refractivity contribution in [1.29, 1.82) is 0 Å². The summed E-state index contributed by atoms with van der Waals surface area (Å²) >= 11 is 6.11. The Morgan fingerprint density at radius 2 is 1.96 bits per heavy atom. The molecule has 0 atom stereocenters. The van der Waals surface area contributed by atoms with Crippen LogP contribution in [0.2, 0.25) is 0 Å². The number of ether oxygens (including phenoxy) is 1. The smallest absolute Gasteiger partial charge is 0.416 e. The molecule has 11 heteroatoms. The summed E-state index contributed by atoms with van der Waals surface area (Å²) in [4.78, 5) is 11.6. The third kappa shape index (κ3) is 6.49. The lowest BCUT2D eigenvalue weighted by atomic mass is 10.1. The monoisotopic (exact) mass is 454 g/mol. The number of thioether (sulfide) groups is 1. The van der Waals surface area contributed by atoms with E-state index >= 15 is 0 Å². The standard InChI is InChI=1S/C17H17F3O5S3/c1-2-15(21)24-5-7-28(22,23)8-6-27-14-10-16(26)25-13-9-11(17(18,19)20)3-4-12(13)14/h3-4,9-10H,2,5-8H2,1H3. The average Bonchev–Trinajstić information content (AvgIpc) is 2.59. The minimum Gasteiger partial charge on any atom is -0.465 e. The molecule has 1 aromatic heterocycles. The third-order valence-electron chi connectivity index (χ3n) is 3.63. The number of halogens is 3. The molecule has 0 unspecified atom stereocenters. The van der Waals surface area contributed by atoms with Gasteiger partial charge in [-0.1, -0.05) is 6.92 Å². The lowest BCUT2D eigenvalue weighted by Gasteiger charge is -2.10. The lowest BCUT2D eigenvalue weighted by molar-refractivity contribution is -0.142. The van der Waals surface area contributed by atoms with Gasteiger partial charge in [0.1, 0.15) is 12.2 Å². The van der Waals surface area contributed by atoms with Gasteiger partial charge in [-0.15, -0.1) is 11.8 Å². The number of hydrogen-bond donors (Lipinski definition) is 0. The molecule has 28 heavy (non-hydrogen) atoms. The van der Waals surface area contributed by atoms with Gasteiger partial charge in [0.05, 0.1) is 17.1 Å². The molecule has 2 aromatic rings. The summed E-state index contributed by atoms with van der Waals surface area (Å²) in [7, 11) is -3.44. The molecular weight excluding hydrogens is 437 g/mol. The Bertz CT molecular complexity index is 1010. The number of rotatable bonds is 8. The molecule has 0 amide bonds. The Morgan fingerprint density at radius 1 is 1.25 bits per heavy atom. The number of sulfone groups is 1. The lowest BCUT2D eigenvalue weighted by Crippen LogP contribution is -2.18.